The summed E-state index contributed by atoms with van der Waals surface area (Å²) in [6, 6.07) is 5.98. The molecule has 1 amide bonds. The summed E-state index contributed by atoms with van der Waals surface area (Å²) in [7, 11) is 0. The molecular weight excluding hydrogens is 252 g/mol. The summed E-state index contributed by atoms with van der Waals surface area (Å²) in [4.78, 5) is 14.6. The van der Waals surface area contributed by atoms with Crippen LogP contribution in [-0.2, 0) is 6.42 Å². The third kappa shape index (κ3) is 2.40. The maximum atomic E-state index is 12.7. The molecular formula is C16H22N2O2. The Bertz CT molecular complexity index is 513. The molecule has 4 heteroatoms. The van der Waals surface area contributed by atoms with Gasteiger partial charge in [0.05, 0.1) is 17.4 Å². The number of nitrogens with one attached hydrogen (secondary N) is 1. The number of hydrogen-bond acceptors (Lipinski definition) is 3. The van der Waals surface area contributed by atoms with Crippen LogP contribution in [0.25, 0.3) is 0 Å². The molecule has 1 saturated heterocycles. The van der Waals surface area contributed by atoms with E-state index in [2.05, 4.69) is 11.4 Å². The van der Waals surface area contributed by atoms with Gasteiger partial charge < -0.3 is 15.3 Å². The van der Waals surface area contributed by atoms with Gasteiger partial charge in [0.1, 0.15) is 0 Å². The first-order valence-corrected chi connectivity index (χ1v) is 7.50. The number of nitrogens with zero attached hydrogens (tertiary/aromatic N) is 1. The summed E-state index contributed by atoms with van der Waals surface area (Å²) >= 11 is 0. The van der Waals surface area contributed by atoms with Gasteiger partial charge in [0.25, 0.3) is 5.91 Å². The monoisotopic (exact) mass is 274 g/mol. The number of amides is 1. The average Bonchev–Trinajstić information content (AvgIpc) is 2.96. The summed E-state index contributed by atoms with van der Waals surface area (Å²) in [6.07, 6.45) is 2.72. The van der Waals surface area contributed by atoms with E-state index >= 15 is 0 Å². The molecule has 0 spiro atoms. The third-order valence-electron chi connectivity index (χ3n) is 4.50. The molecule has 3 rings (SSSR count). The van der Waals surface area contributed by atoms with E-state index in [1.807, 2.05) is 24.0 Å². The highest BCUT2D eigenvalue weighted by Gasteiger charge is 2.31. The Morgan fingerprint density at radius 3 is 3.10 bits per heavy atom. The lowest BCUT2D eigenvalue weighted by Crippen LogP contribution is -2.31. The number of carbonyl (C=O) groups is 1. The Hall–Kier alpha value is -1.55. The lowest BCUT2D eigenvalue weighted by atomic mass is 9.99. The molecule has 2 heterocycles. The molecule has 1 fully saturated rings. The standard InChI is InChI=1S/C16H22N2O2/c1-11(19)13-7-9-18(10-13)16(20)14-6-2-4-12-5-3-8-17-15(12)14/h2,4,6,11,13,17,19H,3,5,7-10H2,1H3. The summed E-state index contributed by atoms with van der Waals surface area (Å²) in [5.41, 5.74) is 3.05. The molecule has 4 nitrogen and oxygen atoms in total. The minimum Gasteiger partial charge on any atom is -0.393 e. The minimum atomic E-state index is -0.337. The zero-order chi connectivity index (χ0) is 14.1. The molecule has 2 unspecified atom stereocenters. The number of likely N-dealkylation sites (tertiary alicyclic amines) is 1. The summed E-state index contributed by atoms with van der Waals surface area (Å²) in [6.45, 7) is 4.16. The number of aryl methyl sites for hydroxylation is 1. The minimum absolute atomic E-state index is 0.0967. The molecule has 2 aliphatic rings. The van der Waals surface area contributed by atoms with Crippen LogP contribution in [0.2, 0.25) is 0 Å². The van der Waals surface area contributed by atoms with Crippen molar-refractivity contribution < 1.29 is 9.90 Å². The second-order valence-corrected chi connectivity index (χ2v) is 5.91. The number of fused-ring (bicyclic) bond motifs is 1. The van der Waals surface area contributed by atoms with Gasteiger partial charge in [-0.2, -0.15) is 0 Å². The average molecular weight is 274 g/mol. The van der Waals surface area contributed by atoms with Crippen molar-refractivity contribution in [3.05, 3.63) is 29.3 Å². The Kier molecular flexibility index (Phi) is 3.66. The van der Waals surface area contributed by atoms with Crippen LogP contribution >= 0.6 is 0 Å². The van der Waals surface area contributed by atoms with Gasteiger partial charge in [-0.3, -0.25) is 4.79 Å². The van der Waals surface area contributed by atoms with Crippen molar-refractivity contribution in [3.63, 3.8) is 0 Å². The van der Waals surface area contributed by atoms with Crippen LogP contribution < -0.4 is 5.32 Å². The highest BCUT2D eigenvalue weighted by atomic mass is 16.3. The van der Waals surface area contributed by atoms with Gasteiger partial charge in [-0.15, -0.1) is 0 Å². The van der Waals surface area contributed by atoms with Gasteiger partial charge in [0.15, 0.2) is 0 Å². The van der Waals surface area contributed by atoms with Crippen molar-refractivity contribution in [2.24, 2.45) is 5.92 Å². The highest BCUT2D eigenvalue weighted by Crippen LogP contribution is 2.29. The number of aliphatic hydroxyl groups excluding tert-OH is 1. The quantitative estimate of drug-likeness (QED) is 0.866. The molecule has 108 valence electrons. The van der Waals surface area contributed by atoms with E-state index in [4.69, 9.17) is 0 Å². The molecule has 2 aliphatic heterocycles. The van der Waals surface area contributed by atoms with Crippen LogP contribution in [-0.4, -0.2) is 41.7 Å². The van der Waals surface area contributed by atoms with E-state index in [1.54, 1.807) is 0 Å². The van der Waals surface area contributed by atoms with Gasteiger partial charge in [-0.05, 0) is 37.8 Å². The summed E-state index contributed by atoms with van der Waals surface area (Å²) < 4.78 is 0. The first-order chi connectivity index (χ1) is 9.66. The molecule has 0 radical (unpaired) electrons. The molecule has 1 aromatic rings. The largest absolute Gasteiger partial charge is 0.393 e. The maximum Gasteiger partial charge on any atom is 0.255 e. The lowest BCUT2D eigenvalue weighted by molar-refractivity contribution is 0.0763. The topological polar surface area (TPSA) is 52.6 Å². The van der Waals surface area contributed by atoms with Gasteiger partial charge in [-0.1, -0.05) is 12.1 Å². The zero-order valence-corrected chi connectivity index (χ0v) is 11.9. The van der Waals surface area contributed by atoms with Crippen LogP contribution in [0.1, 0.15) is 35.7 Å². The van der Waals surface area contributed by atoms with Gasteiger partial charge >= 0.3 is 0 Å². The van der Waals surface area contributed by atoms with E-state index in [1.165, 1.54) is 5.56 Å². The van der Waals surface area contributed by atoms with Crippen molar-refractivity contribution in [1.29, 1.82) is 0 Å². The van der Waals surface area contributed by atoms with Crippen LogP contribution in [0, 0.1) is 5.92 Å². The Balaban J connectivity index is 1.81. The third-order valence-corrected chi connectivity index (χ3v) is 4.50. The second kappa shape index (κ2) is 5.44. The molecule has 0 saturated carbocycles. The molecule has 2 N–H and O–H groups in total. The predicted octanol–water partition coefficient (Wildman–Crippen LogP) is 1.89. The predicted molar refractivity (Wildman–Crippen MR) is 78.9 cm³/mol. The second-order valence-electron chi connectivity index (χ2n) is 5.91. The van der Waals surface area contributed by atoms with E-state index in [0.717, 1.165) is 43.6 Å². The number of para-hydroxylation sites is 1. The molecule has 20 heavy (non-hydrogen) atoms. The van der Waals surface area contributed by atoms with Crippen molar-refractivity contribution in [2.75, 3.05) is 25.0 Å². The van der Waals surface area contributed by atoms with Gasteiger partial charge in [-0.25, -0.2) is 0 Å². The Labute approximate surface area is 119 Å². The van der Waals surface area contributed by atoms with Crippen LogP contribution in [0.15, 0.2) is 18.2 Å². The molecule has 0 aromatic heterocycles. The van der Waals surface area contributed by atoms with E-state index in [-0.39, 0.29) is 17.9 Å². The first-order valence-electron chi connectivity index (χ1n) is 7.50. The molecule has 2 atom stereocenters. The number of rotatable bonds is 2. The smallest absolute Gasteiger partial charge is 0.255 e. The fraction of sp³-hybridized carbons (Fsp3) is 0.562. The van der Waals surface area contributed by atoms with Crippen molar-refractivity contribution in [2.45, 2.75) is 32.3 Å². The summed E-state index contributed by atoms with van der Waals surface area (Å²) in [5, 5.41) is 13.0. The van der Waals surface area contributed by atoms with Crippen LogP contribution in [0.3, 0.4) is 0 Å². The lowest BCUT2D eigenvalue weighted by Gasteiger charge is -2.24. The zero-order valence-electron chi connectivity index (χ0n) is 11.9. The highest BCUT2D eigenvalue weighted by molar-refractivity contribution is 6.00. The SMILES string of the molecule is CC(O)C1CCN(C(=O)c2cccc3c2NCCC3)C1. The number of aliphatic hydroxyl groups is 1. The van der Waals surface area contributed by atoms with E-state index in [0.29, 0.717) is 6.54 Å². The number of carbonyl (C=O) groups excluding carboxylic acids is 1. The first kappa shape index (κ1) is 13.4. The van der Waals surface area contributed by atoms with Crippen LogP contribution in [0.4, 0.5) is 5.69 Å². The summed E-state index contributed by atoms with van der Waals surface area (Å²) in [5.74, 6) is 0.311. The van der Waals surface area contributed by atoms with E-state index < -0.39 is 0 Å². The maximum absolute atomic E-state index is 12.7. The van der Waals surface area contributed by atoms with Gasteiger partial charge in [0.2, 0.25) is 0 Å². The fourth-order valence-electron chi connectivity index (χ4n) is 3.22. The number of benzene rings is 1. The Morgan fingerprint density at radius 1 is 1.50 bits per heavy atom. The fourth-order valence-corrected chi connectivity index (χ4v) is 3.22. The number of anilines is 1. The van der Waals surface area contributed by atoms with Crippen molar-refractivity contribution >= 4 is 11.6 Å². The van der Waals surface area contributed by atoms with Crippen LogP contribution in [0.5, 0.6) is 0 Å². The molecule has 0 bridgehead atoms. The number of hydrogen-bond donors (Lipinski definition) is 2. The van der Waals surface area contributed by atoms with Gasteiger partial charge in [0, 0.05) is 25.6 Å². The van der Waals surface area contributed by atoms with E-state index in [9.17, 15) is 9.90 Å². The molecule has 0 aliphatic carbocycles. The van der Waals surface area contributed by atoms with Crippen molar-refractivity contribution in [3.8, 4) is 0 Å². The Morgan fingerprint density at radius 2 is 2.35 bits per heavy atom. The molecule has 1 aromatic carbocycles. The normalized spacial score (nSPS) is 23.1. The van der Waals surface area contributed by atoms with Crippen molar-refractivity contribution in [1.82, 2.24) is 4.90 Å².